The number of hydrogen-bond acceptors (Lipinski definition) is 5. The van der Waals surface area contributed by atoms with Crippen LogP contribution in [0.25, 0.3) is 0 Å². The van der Waals surface area contributed by atoms with Crippen LogP contribution in [0, 0.1) is 0 Å². The van der Waals surface area contributed by atoms with Crippen molar-refractivity contribution in [2.45, 2.75) is 11.3 Å². The number of ether oxygens (including phenoxy) is 1. The number of benzene rings is 1. The molecule has 1 aromatic heterocycles. The molecule has 0 radical (unpaired) electrons. The number of hydrogen-bond donors (Lipinski definition) is 1. The summed E-state index contributed by atoms with van der Waals surface area (Å²) in [4.78, 5) is 17.4. The molecule has 162 valence electrons. The Kier molecular flexibility index (Phi) is 6.38. The van der Waals surface area contributed by atoms with Gasteiger partial charge >= 0.3 is 12.4 Å². The number of halogens is 4. The first kappa shape index (κ1) is 22.1. The number of pyridine rings is 1. The largest absolute Gasteiger partial charge is 0.573 e. The highest BCUT2D eigenvalue weighted by Gasteiger charge is 2.32. The van der Waals surface area contributed by atoms with Crippen molar-refractivity contribution in [3.8, 4) is 5.75 Å². The number of nitrogens with zero attached hydrogens (tertiary/aromatic N) is 3. The molecule has 8 nitrogen and oxygen atoms in total. The van der Waals surface area contributed by atoms with Crippen LogP contribution in [0.5, 0.6) is 5.75 Å². The highest BCUT2D eigenvalue weighted by molar-refractivity contribution is 7.89. The van der Waals surface area contributed by atoms with E-state index in [-0.39, 0.29) is 36.2 Å². The van der Waals surface area contributed by atoms with Gasteiger partial charge in [-0.2, -0.15) is 4.31 Å². The first-order valence-electron chi connectivity index (χ1n) is 8.58. The summed E-state index contributed by atoms with van der Waals surface area (Å²) in [5.74, 6) is -0.515. The lowest BCUT2D eigenvalue weighted by Gasteiger charge is -2.34. The molecule has 0 spiro atoms. The molecule has 0 aliphatic carbocycles. The van der Waals surface area contributed by atoms with Crippen molar-refractivity contribution in [2.24, 2.45) is 0 Å². The zero-order valence-corrected chi connectivity index (χ0v) is 16.8. The van der Waals surface area contributed by atoms with Gasteiger partial charge in [0, 0.05) is 38.1 Å². The second kappa shape index (κ2) is 8.66. The van der Waals surface area contributed by atoms with Crippen LogP contribution >= 0.6 is 11.6 Å². The van der Waals surface area contributed by atoms with Gasteiger partial charge in [-0.25, -0.2) is 18.2 Å². The summed E-state index contributed by atoms with van der Waals surface area (Å²) < 4.78 is 67.0. The number of rotatable bonds is 4. The summed E-state index contributed by atoms with van der Waals surface area (Å²) in [6.45, 7) is 0.347. The van der Waals surface area contributed by atoms with Crippen molar-refractivity contribution >= 4 is 33.3 Å². The number of carbonyl (C=O) groups is 1. The van der Waals surface area contributed by atoms with E-state index in [1.165, 1.54) is 21.5 Å². The molecule has 1 aromatic carbocycles. The van der Waals surface area contributed by atoms with Gasteiger partial charge in [0.2, 0.25) is 10.0 Å². The quantitative estimate of drug-likeness (QED) is 0.702. The topological polar surface area (TPSA) is 91.8 Å². The summed E-state index contributed by atoms with van der Waals surface area (Å²) in [6.07, 6.45) is -3.42. The number of nitrogens with one attached hydrogen (secondary N) is 1. The summed E-state index contributed by atoms with van der Waals surface area (Å²) >= 11 is 5.77. The number of amides is 2. The van der Waals surface area contributed by atoms with Crippen LogP contribution in [0.4, 0.5) is 23.7 Å². The minimum Gasteiger partial charge on any atom is -0.406 e. The molecule has 2 amide bonds. The molecule has 1 aliphatic heterocycles. The van der Waals surface area contributed by atoms with E-state index in [1.807, 2.05) is 0 Å². The zero-order chi connectivity index (χ0) is 21.9. The highest BCUT2D eigenvalue weighted by Crippen LogP contribution is 2.25. The van der Waals surface area contributed by atoms with Gasteiger partial charge in [-0.05, 0) is 36.4 Å². The smallest absolute Gasteiger partial charge is 0.406 e. The van der Waals surface area contributed by atoms with Crippen LogP contribution in [0.3, 0.4) is 0 Å². The van der Waals surface area contributed by atoms with Crippen LogP contribution in [0.2, 0.25) is 5.15 Å². The minimum absolute atomic E-state index is 0.0354. The summed E-state index contributed by atoms with van der Waals surface area (Å²) in [5, 5.41) is 2.87. The summed E-state index contributed by atoms with van der Waals surface area (Å²) in [7, 11) is -3.92. The normalized spacial score (nSPS) is 15.7. The summed E-state index contributed by atoms with van der Waals surface area (Å²) in [6, 6.07) is 6.59. The van der Waals surface area contributed by atoms with Crippen molar-refractivity contribution in [1.29, 1.82) is 0 Å². The number of aromatic nitrogens is 1. The van der Waals surface area contributed by atoms with E-state index in [2.05, 4.69) is 15.0 Å². The fraction of sp³-hybridized carbons (Fsp3) is 0.294. The van der Waals surface area contributed by atoms with Gasteiger partial charge in [0.1, 0.15) is 10.9 Å². The lowest BCUT2D eigenvalue weighted by Crippen LogP contribution is -2.51. The molecule has 0 bridgehead atoms. The number of sulfonamides is 1. The number of alkyl halides is 3. The predicted molar refractivity (Wildman–Crippen MR) is 102 cm³/mol. The molecule has 0 saturated carbocycles. The van der Waals surface area contributed by atoms with Gasteiger partial charge < -0.3 is 15.0 Å². The Morgan fingerprint density at radius 2 is 1.73 bits per heavy atom. The Hall–Kier alpha value is -2.57. The fourth-order valence-corrected chi connectivity index (χ4v) is 4.37. The molecule has 1 aliphatic rings. The van der Waals surface area contributed by atoms with Gasteiger partial charge in [0.05, 0.1) is 4.90 Å². The fourth-order valence-electron chi connectivity index (χ4n) is 2.78. The molecular weight excluding hydrogens is 449 g/mol. The van der Waals surface area contributed by atoms with Gasteiger partial charge in [-0.1, -0.05) is 11.6 Å². The standard InChI is InChI=1S/C17H16ClF3N4O4S/c18-15-11-12(5-6-22-15)23-16(26)24-7-9-25(10-8-24)30(27,28)14-3-1-13(2-4-14)29-17(19,20)21/h1-6,11H,7-10H2,(H,22,23,26). The van der Waals surface area contributed by atoms with Gasteiger partial charge in [0.15, 0.2) is 0 Å². The van der Waals surface area contributed by atoms with E-state index < -0.39 is 28.2 Å². The lowest BCUT2D eigenvalue weighted by atomic mass is 10.3. The van der Waals surface area contributed by atoms with Crippen molar-refractivity contribution in [3.05, 3.63) is 47.7 Å². The molecule has 13 heteroatoms. The second-order valence-electron chi connectivity index (χ2n) is 6.21. The Morgan fingerprint density at radius 1 is 1.10 bits per heavy atom. The van der Waals surface area contributed by atoms with Crippen molar-refractivity contribution in [1.82, 2.24) is 14.2 Å². The zero-order valence-electron chi connectivity index (χ0n) is 15.3. The van der Waals surface area contributed by atoms with E-state index >= 15 is 0 Å². The first-order chi connectivity index (χ1) is 14.0. The number of carbonyl (C=O) groups excluding carboxylic acids is 1. The Morgan fingerprint density at radius 3 is 2.30 bits per heavy atom. The Bertz CT molecular complexity index is 1010. The second-order valence-corrected chi connectivity index (χ2v) is 8.53. The molecule has 1 saturated heterocycles. The van der Waals surface area contributed by atoms with Crippen LogP contribution in [-0.4, -0.2) is 61.2 Å². The van der Waals surface area contributed by atoms with E-state index in [9.17, 15) is 26.4 Å². The highest BCUT2D eigenvalue weighted by atomic mass is 35.5. The molecule has 1 N–H and O–H groups in total. The monoisotopic (exact) mass is 464 g/mol. The predicted octanol–water partition coefficient (Wildman–Crippen LogP) is 3.17. The molecule has 2 heterocycles. The number of piperazine rings is 1. The van der Waals surface area contributed by atoms with E-state index in [0.29, 0.717) is 5.69 Å². The van der Waals surface area contributed by atoms with Crippen molar-refractivity contribution < 1.29 is 31.1 Å². The third-order valence-electron chi connectivity index (χ3n) is 4.20. The van der Waals surface area contributed by atoms with Crippen LogP contribution in [0.15, 0.2) is 47.5 Å². The maximum Gasteiger partial charge on any atom is 0.573 e. The molecule has 2 aromatic rings. The van der Waals surface area contributed by atoms with Gasteiger partial charge in [0.25, 0.3) is 0 Å². The molecule has 0 unspecified atom stereocenters. The maximum atomic E-state index is 12.7. The molecule has 0 atom stereocenters. The van der Waals surface area contributed by atoms with E-state index in [1.54, 1.807) is 6.07 Å². The van der Waals surface area contributed by atoms with Crippen LogP contribution in [0.1, 0.15) is 0 Å². The van der Waals surface area contributed by atoms with Gasteiger partial charge in [-0.3, -0.25) is 0 Å². The van der Waals surface area contributed by atoms with E-state index in [0.717, 1.165) is 24.3 Å². The van der Waals surface area contributed by atoms with Gasteiger partial charge in [-0.15, -0.1) is 13.2 Å². The lowest BCUT2D eigenvalue weighted by molar-refractivity contribution is -0.274. The third-order valence-corrected chi connectivity index (χ3v) is 6.32. The SMILES string of the molecule is O=C(Nc1ccnc(Cl)c1)N1CCN(S(=O)(=O)c2ccc(OC(F)(F)F)cc2)CC1. The average Bonchev–Trinajstić information content (AvgIpc) is 2.67. The van der Waals surface area contributed by atoms with E-state index in [4.69, 9.17) is 11.6 Å². The molecule has 30 heavy (non-hydrogen) atoms. The van der Waals surface area contributed by atoms with Crippen LogP contribution < -0.4 is 10.1 Å². The summed E-state index contributed by atoms with van der Waals surface area (Å²) in [5.41, 5.74) is 0.455. The first-order valence-corrected chi connectivity index (χ1v) is 10.4. The third kappa shape index (κ3) is 5.52. The van der Waals surface area contributed by atoms with Crippen molar-refractivity contribution in [3.63, 3.8) is 0 Å². The number of urea groups is 1. The van der Waals surface area contributed by atoms with Crippen LogP contribution in [-0.2, 0) is 10.0 Å². The molecule has 3 rings (SSSR count). The Labute approximate surface area is 175 Å². The molecular formula is C17H16ClF3N4O4S. The number of anilines is 1. The molecule has 1 fully saturated rings. The minimum atomic E-state index is -4.86. The maximum absolute atomic E-state index is 12.7. The Balaban J connectivity index is 1.60. The van der Waals surface area contributed by atoms with Crippen molar-refractivity contribution in [2.75, 3.05) is 31.5 Å². The average molecular weight is 465 g/mol.